The first kappa shape index (κ1) is 14.8. The molecule has 0 atom stereocenters. The second-order valence-corrected chi connectivity index (χ2v) is 4.83. The zero-order valence-corrected chi connectivity index (χ0v) is 12.0. The monoisotopic (exact) mass is 283 g/mol. The fourth-order valence-electron chi connectivity index (χ4n) is 2.00. The quantitative estimate of drug-likeness (QED) is 0.357. The smallest absolute Gasteiger partial charge is 0.318 e. The van der Waals surface area contributed by atoms with E-state index in [1.54, 1.807) is 24.3 Å². The molecule has 0 spiro atoms. The van der Waals surface area contributed by atoms with Crippen LogP contribution in [-0.2, 0) is 4.74 Å². The van der Waals surface area contributed by atoms with Gasteiger partial charge in [-0.25, -0.2) is 0 Å². The van der Waals surface area contributed by atoms with Crippen LogP contribution in [0.4, 0.5) is 0 Å². The van der Waals surface area contributed by atoms with Gasteiger partial charge in [-0.15, -0.1) is 0 Å². The summed E-state index contributed by atoms with van der Waals surface area (Å²) in [6, 6.07) is 18.0. The molecular formula is C17H17NO3. The molecule has 0 aliphatic heterocycles. The first-order valence-electron chi connectivity index (χ1n) is 6.75. The van der Waals surface area contributed by atoms with Crippen LogP contribution >= 0.6 is 0 Å². The fraction of sp³-hybridized carbons (Fsp3) is 0.176. The zero-order valence-electron chi connectivity index (χ0n) is 12.0. The van der Waals surface area contributed by atoms with E-state index in [4.69, 9.17) is 4.74 Å². The minimum atomic E-state index is -0.389. The Morgan fingerprint density at radius 1 is 0.952 bits per heavy atom. The van der Waals surface area contributed by atoms with Gasteiger partial charge in [-0.1, -0.05) is 48.5 Å². The molecule has 108 valence electrons. The van der Waals surface area contributed by atoms with Crippen LogP contribution in [0.3, 0.4) is 0 Å². The lowest BCUT2D eigenvalue weighted by Gasteiger charge is -2.14. The molecule has 2 aromatic rings. The van der Waals surface area contributed by atoms with Crippen LogP contribution in [0.1, 0.15) is 25.0 Å². The summed E-state index contributed by atoms with van der Waals surface area (Å²) >= 11 is 0. The van der Waals surface area contributed by atoms with Crippen molar-refractivity contribution in [1.82, 2.24) is 0 Å². The zero-order chi connectivity index (χ0) is 15.2. The second-order valence-electron chi connectivity index (χ2n) is 4.83. The van der Waals surface area contributed by atoms with E-state index in [0.29, 0.717) is 16.9 Å². The van der Waals surface area contributed by atoms with E-state index in [0.717, 1.165) is 0 Å². The Morgan fingerprint density at radius 2 is 1.43 bits per heavy atom. The van der Waals surface area contributed by atoms with Gasteiger partial charge < -0.3 is 4.74 Å². The van der Waals surface area contributed by atoms with Gasteiger partial charge in [0.05, 0.1) is 16.6 Å². The van der Waals surface area contributed by atoms with Crippen molar-refractivity contribution in [3.63, 3.8) is 0 Å². The maximum absolute atomic E-state index is 11.6. The van der Waals surface area contributed by atoms with Gasteiger partial charge in [0.1, 0.15) is 0 Å². The molecule has 0 aliphatic carbocycles. The summed E-state index contributed by atoms with van der Waals surface area (Å²) in [5, 5.41) is 11.6. The number of hydrogen-bond acceptors (Lipinski definition) is 3. The van der Waals surface area contributed by atoms with Gasteiger partial charge in [0.15, 0.2) is 0 Å². The highest BCUT2D eigenvalue weighted by atomic mass is 16.6. The van der Waals surface area contributed by atoms with Crippen molar-refractivity contribution in [1.29, 1.82) is 0 Å². The number of hydrogen-bond donors (Lipinski definition) is 0. The van der Waals surface area contributed by atoms with E-state index < -0.39 is 0 Å². The third-order valence-electron chi connectivity index (χ3n) is 2.83. The standard InChI is InChI=1S/C17H17NO3/c1-13(2)21-17(15-11-7-4-8-12-15)16(18(19)20)14-9-5-3-6-10-14/h3-13H,1-2H3/b17-16-. The van der Waals surface area contributed by atoms with E-state index in [2.05, 4.69) is 0 Å². The minimum Gasteiger partial charge on any atom is -0.484 e. The molecule has 0 aliphatic rings. The Kier molecular flexibility index (Phi) is 4.72. The molecule has 21 heavy (non-hydrogen) atoms. The van der Waals surface area contributed by atoms with Crippen molar-refractivity contribution in [3.8, 4) is 0 Å². The van der Waals surface area contributed by atoms with Gasteiger partial charge in [0.25, 0.3) is 0 Å². The summed E-state index contributed by atoms with van der Waals surface area (Å²) in [5.41, 5.74) is 1.21. The van der Waals surface area contributed by atoms with Crippen molar-refractivity contribution < 1.29 is 9.66 Å². The molecular weight excluding hydrogens is 266 g/mol. The van der Waals surface area contributed by atoms with Crippen molar-refractivity contribution in [2.75, 3.05) is 0 Å². The second kappa shape index (κ2) is 6.70. The lowest BCUT2D eigenvalue weighted by atomic mass is 10.1. The van der Waals surface area contributed by atoms with E-state index in [1.165, 1.54) is 0 Å². The predicted octanol–water partition coefficient (Wildman–Crippen LogP) is 4.21. The third-order valence-corrected chi connectivity index (χ3v) is 2.83. The molecule has 2 aromatic carbocycles. The van der Waals surface area contributed by atoms with Gasteiger partial charge in [0, 0.05) is 5.56 Å². The number of ether oxygens (including phenoxy) is 1. The van der Waals surface area contributed by atoms with Crippen LogP contribution in [0.5, 0.6) is 0 Å². The van der Waals surface area contributed by atoms with Crippen LogP contribution < -0.4 is 0 Å². The van der Waals surface area contributed by atoms with E-state index in [9.17, 15) is 10.1 Å². The molecule has 0 saturated heterocycles. The normalized spacial score (nSPS) is 12.0. The molecule has 0 aromatic heterocycles. The van der Waals surface area contributed by atoms with Crippen molar-refractivity contribution in [2.24, 2.45) is 0 Å². The number of benzene rings is 2. The van der Waals surface area contributed by atoms with Crippen LogP contribution in [0.25, 0.3) is 11.5 Å². The van der Waals surface area contributed by atoms with Gasteiger partial charge >= 0.3 is 5.70 Å². The molecule has 0 heterocycles. The summed E-state index contributed by atoms with van der Waals surface area (Å²) in [5.74, 6) is 0.293. The van der Waals surface area contributed by atoms with Gasteiger partial charge in [-0.05, 0) is 26.0 Å². The topological polar surface area (TPSA) is 52.4 Å². The number of rotatable bonds is 5. The van der Waals surface area contributed by atoms with Crippen LogP contribution in [-0.4, -0.2) is 11.0 Å². The minimum absolute atomic E-state index is 0.0181. The lowest BCUT2D eigenvalue weighted by molar-refractivity contribution is -0.375. The molecule has 0 N–H and O–H groups in total. The van der Waals surface area contributed by atoms with Crippen molar-refractivity contribution >= 4 is 11.5 Å². The number of nitrogens with zero attached hydrogens (tertiary/aromatic N) is 1. The molecule has 0 saturated carbocycles. The maximum atomic E-state index is 11.6. The van der Waals surface area contributed by atoms with Crippen molar-refractivity contribution in [2.45, 2.75) is 20.0 Å². The average Bonchev–Trinajstić information content (AvgIpc) is 2.48. The van der Waals surface area contributed by atoms with Crippen LogP contribution in [0.2, 0.25) is 0 Å². The van der Waals surface area contributed by atoms with E-state index in [-0.39, 0.29) is 16.7 Å². The van der Waals surface area contributed by atoms with E-state index in [1.807, 2.05) is 50.2 Å². The SMILES string of the molecule is CC(C)O/C(=C(/c1ccccc1)[N+](=O)[O-])c1ccccc1. The van der Waals surface area contributed by atoms with Gasteiger partial charge in [0.2, 0.25) is 5.76 Å². The third kappa shape index (κ3) is 3.69. The lowest BCUT2D eigenvalue weighted by Crippen LogP contribution is -2.09. The largest absolute Gasteiger partial charge is 0.484 e. The Morgan fingerprint density at radius 3 is 1.86 bits per heavy atom. The Bertz CT molecular complexity index is 634. The molecule has 0 fully saturated rings. The highest BCUT2D eigenvalue weighted by Gasteiger charge is 2.24. The highest BCUT2D eigenvalue weighted by molar-refractivity contribution is 5.83. The molecule has 2 rings (SSSR count). The molecule has 0 radical (unpaired) electrons. The Hall–Kier alpha value is -2.62. The number of nitro groups is 1. The average molecular weight is 283 g/mol. The first-order chi connectivity index (χ1) is 10.1. The maximum Gasteiger partial charge on any atom is 0.318 e. The molecule has 4 nitrogen and oxygen atoms in total. The summed E-state index contributed by atoms with van der Waals surface area (Å²) < 4.78 is 5.75. The molecule has 0 unspecified atom stereocenters. The van der Waals surface area contributed by atoms with Gasteiger partial charge in [-0.2, -0.15) is 0 Å². The summed E-state index contributed by atoms with van der Waals surface area (Å²) in [4.78, 5) is 11.2. The van der Waals surface area contributed by atoms with Crippen molar-refractivity contribution in [3.05, 3.63) is 81.9 Å². The molecule has 4 heteroatoms. The van der Waals surface area contributed by atoms with E-state index >= 15 is 0 Å². The van der Waals surface area contributed by atoms with Crippen LogP contribution in [0.15, 0.2) is 60.7 Å². The predicted molar refractivity (Wildman–Crippen MR) is 82.9 cm³/mol. The Labute approximate surface area is 123 Å². The van der Waals surface area contributed by atoms with Crippen LogP contribution in [0, 0.1) is 10.1 Å². The Balaban J connectivity index is 2.65. The fourth-order valence-corrected chi connectivity index (χ4v) is 2.00. The molecule has 0 bridgehead atoms. The first-order valence-corrected chi connectivity index (χ1v) is 6.75. The highest BCUT2D eigenvalue weighted by Crippen LogP contribution is 2.28. The van der Waals surface area contributed by atoms with Gasteiger partial charge in [-0.3, -0.25) is 10.1 Å². The summed E-state index contributed by atoms with van der Waals surface area (Å²) in [6.07, 6.45) is -0.154. The summed E-state index contributed by atoms with van der Waals surface area (Å²) in [7, 11) is 0. The molecule has 0 amide bonds. The summed E-state index contributed by atoms with van der Waals surface area (Å²) in [6.45, 7) is 3.71.